The maximum atomic E-state index is 13.4. The summed E-state index contributed by atoms with van der Waals surface area (Å²) in [6, 6.07) is 8.97. The second kappa shape index (κ2) is 9.18. The number of esters is 1. The van der Waals surface area contributed by atoms with Gasteiger partial charge in [0, 0.05) is 11.4 Å². The molecule has 0 saturated heterocycles. The highest BCUT2D eigenvalue weighted by molar-refractivity contribution is 7.99. The van der Waals surface area contributed by atoms with Crippen molar-refractivity contribution in [2.75, 3.05) is 5.75 Å². The van der Waals surface area contributed by atoms with Gasteiger partial charge in [-0.25, -0.2) is 4.98 Å². The van der Waals surface area contributed by atoms with E-state index in [4.69, 9.17) is 9.72 Å². The van der Waals surface area contributed by atoms with Crippen LogP contribution in [0, 0.1) is 0 Å². The molecule has 1 aliphatic rings. The van der Waals surface area contributed by atoms with Crippen molar-refractivity contribution in [3.8, 4) is 5.75 Å². The fraction of sp³-hybridized carbons (Fsp3) is 0.348. The van der Waals surface area contributed by atoms with Crippen LogP contribution in [0.4, 0.5) is 0 Å². The third-order valence-electron chi connectivity index (χ3n) is 5.01. The number of nitrogens with zero attached hydrogens (tertiary/aromatic N) is 2. The zero-order chi connectivity index (χ0) is 21.1. The molecule has 4 rings (SSSR count). The number of rotatable bonds is 6. The molecule has 5 nitrogen and oxygen atoms in total. The van der Waals surface area contributed by atoms with Crippen LogP contribution in [0.1, 0.15) is 36.6 Å². The first kappa shape index (κ1) is 20.9. The van der Waals surface area contributed by atoms with Crippen LogP contribution in [-0.2, 0) is 24.2 Å². The van der Waals surface area contributed by atoms with Gasteiger partial charge in [-0.3, -0.25) is 14.2 Å². The molecule has 1 aliphatic carbocycles. The number of para-hydroxylation sites is 1. The number of thioether (sulfide) groups is 1. The van der Waals surface area contributed by atoms with Crippen LogP contribution >= 0.6 is 23.1 Å². The Morgan fingerprint density at radius 3 is 2.77 bits per heavy atom. The Hall–Kier alpha value is -2.38. The molecule has 0 spiro atoms. The predicted molar refractivity (Wildman–Crippen MR) is 123 cm³/mol. The highest BCUT2D eigenvalue weighted by Gasteiger charge is 2.22. The number of aryl methyl sites for hydroxylation is 2. The summed E-state index contributed by atoms with van der Waals surface area (Å²) < 4.78 is 7.02. The number of thiophene rings is 1. The summed E-state index contributed by atoms with van der Waals surface area (Å²) in [4.78, 5) is 32.6. The third kappa shape index (κ3) is 4.52. The lowest BCUT2D eigenvalue weighted by atomic mass is 10.1. The zero-order valence-corrected chi connectivity index (χ0v) is 18.6. The molecule has 3 aromatic rings. The van der Waals surface area contributed by atoms with E-state index in [-0.39, 0.29) is 17.3 Å². The fourth-order valence-corrected chi connectivity index (χ4v) is 5.76. The number of fused-ring (bicyclic) bond motifs is 3. The van der Waals surface area contributed by atoms with E-state index in [0.717, 1.165) is 41.5 Å². The lowest BCUT2D eigenvalue weighted by molar-refractivity contribution is -0.131. The van der Waals surface area contributed by atoms with Crippen LogP contribution in [0.25, 0.3) is 10.2 Å². The molecule has 0 N–H and O–H groups in total. The highest BCUT2D eigenvalue weighted by atomic mass is 32.2. The standard InChI is InChI=1S/C23H24N2O3S2/c1-15(2)13-25-22(27)20-17-11-7-4-8-12-18(17)30-21(20)24-23(25)29-14-19(26)28-16-9-5-3-6-10-16/h3,5-6,9-10H,1,4,7-8,11-14H2,2H3. The summed E-state index contributed by atoms with van der Waals surface area (Å²) in [6.45, 7) is 6.25. The molecule has 2 heterocycles. The van der Waals surface area contributed by atoms with Gasteiger partial charge in [0.25, 0.3) is 5.56 Å². The molecule has 0 atom stereocenters. The van der Waals surface area contributed by atoms with Crippen LogP contribution in [0.3, 0.4) is 0 Å². The van der Waals surface area contributed by atoms with E-state index in [2.05, 4.69) is 6.58 Å². The Kier molecular flexibility index (Phi) is 6.39. The Balaban J connectivity index is 1.65. The van der Waals surface area contributed by atoms with Crippen molar-refractivity contribution in [1.82, 2.24) is 9.55 Å². The maximum absolute atomic E-state index is 13.4. The molecule has 2 aromatic heterocycles. The Morgan fingerprint density at radius 2 is 2.00 bits per heavy atom. The van der Waals surface area contributed by atoms with Gasteiger partial charge < -0.3 is 4.74 Å². The first-order valence-corrected chi connectivity index (χ1v) is 11.9. The smallest absolute Gasteiger partial charge is 0.321 e. The van der Waals surface area contributed by atoms with Crippen molar-refractivity contribution in [2.24, 2.45) is 0 Å². The Morgan fingerprint density at radius 1 is 1.23 bits per heavy atom. The number of benzene rings is 1. The molecule has 1 aromatic carbocycles. The average molecular weight is 441 g/mol. The predicted octanol–water partition coefficient (Wildman–Crippen LogP) is 5.00. The summed E-state index contributed by atoms with van der Waals surface area (Å²) in [5.41, 5.74) is 2.02. The van der Waals surface area contributed by atoms with Crippen molar-refractivity contribution in [2.45, 2.75) is 50.7 Å². The summed E-state index contributed by atoms with van der Waals surface area (Å²) >= 11 is 2.87. The van der Waals surface area contributed by atoms with E-state index in [1.54, 1.807) is 28.0 Å². The average Bonchev–Trinajstić information content (AvgIpc) is 2.90. The van der Waals surface area contributed by atoms with Gasteiger partial charge in [-0.05, 0) is 50.3 Å². The van der Waals surface area contributed by atoms with Crippen molar-refractivity contribution < 1.29 is 9.53 Å². The van der Waals surface area contributed by atoms with Gasteiger partial charge in [0.2, 0.25) is 0 Å². The second-order valence-electron chi connectivity index (χ2n) is 7.56. The molecule has 0 bridgehead atoms. The normalized spacial score (nSPS) is 13.6. The SMILES string of the molecule is C=C(C)Cn1c(SCC(=O)Oc2ccccc2)nc2sc3c(c2c1=O)CCCCC3. The van der Waals surface area contributed by atoms with E-state index in [9.17, 15) is 9.59 Å². The number of aromatic nitrogens is 2. The van der Waals surface area contributed by atoms with Gasteiger partial charge in [0.05, 0.1) is 11.1 Å². The summed E-state index contributed by atoms with van der Waals surface area (Å²) in [7, 11) is 0. The molecular weight excluding hydrogens is 416 g/mol. The first-order chi connectivity index (χ1) is 14.5. The van der Waals surface area contributed by atoms with Gasteiger partial charge in [-0.1, -0.05) is 48.5 Å². The highest BCUT2D eigenvalue weighted by Crippen LogP contribution is 2.34. The number of carbonyl (C=O) groups excluding carboxylic acids is 1. The third-order valence-corrected chi connectivity index (χ3v) is 7.15. The van der Waals surface area contributed by atoms with Crippen LogP contribution in [0.5, 0.6) is 5.75 Å². The van der Waals surface area contributed by atoms with Gasteiger partial charge in [-0.2, -0.15) is 0 Å². The van der Waals surface area contributed by atoms with Crippen LogP contribution < -0.4 is 10.3 Å². The Labute approximate surface area is 183 Å². The quantitative estimate of drug-likeness (QED) is 0.135. The van der Waals surface area contributed by atoms with Crippen molar-refractivity contribution in [3.05, 3.63) is 63.3 Å². The first-order valence-electron chi connectivity index (χ1n) is 10.1. The van der Waals surface area contributed by atoms with Gasteiger partial charge in [0.1, 0.15) is 10.6 Å². The van der Waals surface area contributed by atoms with E-state index in [0.29, 0.717) is 17.5 Å². The summed E-state index contributed by atoms with van der Waals surface area (Å²) in [5.74, 6) is 0.214. The van der Waals surface area contributed by atoms with E-state index in [1.165, 1.54) is 28.6 Å². The van der Waals surface area contributed by atoms with Crippen molar-refractivity contribution in [3.63, 3.8) is 0 Å². The molecule has 0 fully saturated rings. The fourth-order valence-electron chi connectivity index (χ4n) is 3.69. The zero-order valence-electron chi connectivity index (χ0n) is 17.0. The monoisotopic (exact) mass is 440 g/mol. The van der Waals surface area contributed by atoms with Crippen LogP contribution in [-0.4, -0.2) is 21.3 Å². The lowest BCUT2D eigenvalue weighted by Crippen LogP contribution is -2.24. The number of carbonyl (C=O) groups is 1. The molecule has 0 amide bonds. The van der Waals surface area contributed by atoms with Crippen molar-refractivity contribution >= 4 is 39.3 Å². The second-order valence-corrected chi connectivity index (χ2v) is 9.59. The van der Waals surface area contributed by atoms with Gasteiger partial charge in [-0.15, -0.1) is 11.3 Å². The molecule has 0 unspecified atom stereocenters. The topological polar surface area (TPSA) is 61.2 Å². The molecule has 156 valence electrons. The largest absolute Gasteiger partial charge is 0.426 e. The van der Waals surface area contributed by atoms with E-state index >= 15 is 0 Å². The minimum absolute atomic E-state index is 0.0265. The van der Waals surface area contributed by atoms with Crippen molar-refractivity contribution in [1.29, 1.82) is 0 Å². The maximum Gasteiger partial charge on any atom is 0.321 e. The summed E-state index contributed by atoms with van der Waals surface area (Å²) in [5, 5.41) is 1.30. The number of hydrogen-bond acceptors (Lipinski definition) is 6. The molecule has 0 aliphatic heterocycles. The molecular formula is C23H24N2O3S2. The van der Waals surface area contributed by atoms with Gasteiger partial charge >= 0.3 is 5.97 Å². The Bertz CT molecular complexity index is 1150. The molecule has 7 heteroatoms. The molecule has 30 heavy (non-hydrogen) atoms. The number of ether oxygens (including phenoxy) is 1. The minimum Gasteiger partial charge on any atom is -0.426 e. The number of hydrogen-bond donors (Lipinski definition) is 0. The molecule has 0 saturated carbocycles. The molecule has 0 radical (unpaired) electrons. The van der Waals surface area contributed by atoms with E-state index in [1.807, 2.05) is 25.1 Å². The lowest BCUT2D eigenvalue weighted by Gasteiger charge is -2.12. The van der Waals surface area contributed by atoms with Crippen LogP contribution in [0.2, 0.25) is 0 Å². The summed E-state index contributed by atoms with van der Waals surface area (Å²) in [6.07, 6.45) is 5.43. The van der Waals surface area contributed by atoms with E-state index < -0.39 is 0 Å². The van der Waals surface area contributed by atoms with Crippen LogP contribution in [0.15, 0.2) is 52.4 Å². The number of allylic oxidation sites excluding steroid dienone is 1. The minimum atomic E-state index is -0.371. The van der Waals surface area contributed by atoms with Gasteiger partial charge in [0.15, 0.2) is 5.16 Å².